The van der Waals surface area contributed by atoms with Crippen LogP contribution >= 0.6 is 35.0 Å². The number of hydrogen-bond acceptors (Lipinski definition) is 6. The van der Waals surface area contributed by atoms with E-state index in [4.69, 9.17) is 32.7 Å². The van der Waals surface area contributed by atoms with E-state index in [1.54, 1.807) is 48.5 Å². The lowest BCUT2D eigenvalue weighted by atomic mass is 10.1. The monoisotopic (exact) mass is 556 g/mol. The van der Waals surface area contributed by atoms with Gasteiger partial charge in [0.2, 0.25) is 5.91 Å². The van der Waals surface area contributed by atoms with Gasteiger partial charge in [0.05, 0.1) is 16.5 Å². The number of rotatable bonds is 9. The number of halogens is 2. The Labute approximate surface area is 228 Å². The summed E-state index contributed by atoms with van der Waals surface area (Å²) in [5.41, 5.74) is 2.02. The van der Waals surface area contributed by atoms with Gasteiger partial charge in [0.25, 0.3) is 11.1 Å². The predicted molar refractivity (Wildman–Crippen MR) is 146 cm³/mol. The molecule has 1 heterocycles. The molecule has 0 saturated carbocycles. The van der Waals surface area contributed by atoms with Crippen molar-refractivity contribution < 1.29 is 23.9 Å². The van der Waals surface area contributed by atoms with Gasteiger partial charge < -0.3 is 14.8 Å². The summed E-state index contributed by atoms with van der Waals surface area (Å²) in [5.74, 6) is -0.271. The van der Waals surface area contributed by atoms with Crippen molar-refractivity contribution in [2.75, 3.05) is 18.5 Å². The van der Waals surface area contributed by atoms with Gasteiger partial charge in [0.1, 0.15) is 13.2 Å². The lowest BCUT2D eigenvalue weighted by molar-refractivity contribution is -0.127. The second kappa shape index (κ2) is 12.2. The van der Waals surface area contributed by atoms with Crippen molar-refractivity contribution in [3.63, 3.8) is 0 Å². The highest BCUT2D eigenvalue weighted by atomic mass is 35.5. The largest absolute Gasteiger partial charge is 0.490 e. The van der Waals surface area contributed by atoms with E-state index in [1.807, 2.05) is 25.1 Å². The molecule has 0 atom stereocenters. The van der Waals surface area contributed by atoms with Gasteiger partial charge in [-0.05, 0) is 72.3 Å². The molecule has 3 aromatic carbocycles. The maximum Gasteiger partial charge on any atom is 0.294 e. The average Bonchev–Trinajstić information content (AvgIpc) is 3.12. The van der Waals surface area contributed by atoms with E-state index in [2.05, 4.69) is 5.32 Å². The Balaban J connectivity index is 1.49. The quantitative estimate of drug-likeness (QED) is 0.297. The third-order valence-electron chi connectivity index (χ3n) is 5.16. The van der Waals surface area contributed by atoms with E-state index in [0.29, 0.717) is 34.4 Å². The summed E-state index contributed by atoms with van der Waals surface area (Å²) in [7, 11) is 0. The number of ether oxygens (including phenoxy) is 2. The van der Waals surface area contributed by atoms with Gasteiger partial charge in [-0.1, -0.05) is 53.5 Å². The molecule has 0 spiro atoms. The molecule has 1 saturated heterocycles. The fraction of sp³-hybridized carbons (Fsp3) is 0.148. The number of benzene rings is 3. The zero-order chi connectivity index (χ0) is 26.4. The molecule has 1 aliphatic rings. The number of carbonyl (C=O) groups excluding carboxylic acids is 3. The summed E-state index contributed by atoms with van der Waals surface area (Å²) in [6, 6.07) is 19.3. The maximum absolute atomic E-state index is 12.9. The van der Waals surface area contributed by atoms with Crippen molar-refractivity contribution in [2.24, 2.45) is 0 Å². The molecule has 0 aromatic heterocycles. The normalized spacial score (nSPS) is 14.2. The van der Waals surface area contributed by atoms with E-state index >= 15 is 0 Å². The summed E-state index contributed by atoms with van der Waals surface area (Å²) in [5, 5.41) is 3.05. The van der Waals surface area contributed by atoms with E-state index in [1.165, 1.54) is 6.08 Å². The number of nitrogens with zero attached hydrogens (tertiary/aromatic N) is 1. The minimum atomic E-state index is -0.560. The molecule has 1 fully saturated rings. The molecule has 37 heavy (non-hydrogen) atoms. The molecule has 10 heteroatoms. The van der Waals surface area contributed by atoms with Gasteiger partial charge in [-0.3, -0.25) is 19.3 Å². The number of carbonyl (C=O) groups is 3. The molecule has 0 unspecified atom stereocenters. The SMILES string of the molecule is CCOc1cc(/C=C2/SC(=O)N(CC(=O)Nc3ccccc3)C2=O)cc(Cl)c1OCc1ccc(Cl)cc1. The molecule has 0 aliphatic carbocycles. The number of nitrogens with one attached hydrogen (secondary N) is 1. The number of hydrogen-bond donors (Lipinski definition) is 1. The number of amides is 3. The van der Waals surface area contributed by atoms with Gasteiger partial charge in [-0.2, -0.15) is 0 Å². The lowest BCUT2D eigenvalue weighted by Gasteiger charge is -2.15. The molecule has 3 aromatic rings. The third-order valence-corrected chi connectivity index (χ3v) is 6.60. The number of imide groups is 1. The van der Waals surface area contributed by atoms with Crippen molar-refractivity contribution in [1.82, 2.24) is 4.90 Å². The molecule has 0 radical (unpaired) electrons. The Hall–Kier alpha value is -3.46. The smallest absolute Gasteiger partial charge is 0.294 e. The van der Waals surface area contributed by atoms with Crippen molar-refractivity contribution in [1.29, 1.82) is 0 Å². The van der Waals surface area contributed by atoms with E-state index in [-0.39, 0.29) is 23.1 Å². The lowest BCUT2D eigenvalue weighted by Crippen LogP contribution is -2.36. The first-order chi connectivity index (χ1) is 17.8. The number of para-hydroxylation sites is 1. The summed E-state index contributed by atoms with van der Waals surface area (Å²) >= 11 is 13.2. The Morgan fingerprint density at radius 2 is 1.76 bits per heavy atom. The van der Waals surface area contributed by atoms with Crippen LogP contribution in [0.25, 0.3) is 6.08 Å². The van der Waals surface area contributed by atoms with Crippen molar-refractivity contribution in [2.45, 2.75) is 13.5 Å². The summed E-state index contributed by atoms with van der Waals surface area (Å²) in [6.07, 6.45) is 1.54. The van der Waals surface area contributed by atoms with Crippen LogP contribution in [0.4, 0.5) is 10.5 Å². The van der Waals surface area contributed by atoms with Crippen molar-refractivity contribution >= 4 is 63.8 Å². The molecular weight excluding hydrogens is 535 g/mol. The second-order valence-electron chi connectivity index (χ2n) is 7.86. The van der Waals surface area contributed by atoms with Crippen LogP contribution in [-0.4, -0.2) is 35.1 Å². The standard InChI is InChI=1S/C27H22Cl2N2O5S/c1-2-35-22-13-18(12-21(29)25(22)36-16-17-8-10-19(28)11-9-17)14-23-26(33)31(27(34)37-23)15-24(32)30-20-6-4-3-5-7-20/h3-14H,2,15-16H2,1H3,(H,30,32)/b23-14+. The van der Waals surface area contributed by atoms with Crippen LogP contribution in [0.5, 0.6) is 11.5 Å². The molecule has 7 nitrogen and oxygen atoms in total. The van der Waals surface area contributed by atoms with Crippen molar-refractivity contribution in [3.8, 4) is 11.5 Å². The molecule has 1 aliphatic heterocycles. The minimum absolute atomic E-state index is 0.172. The maximum atomic E-state index is 12.9. The Morgan fingerprint density at radius 3 is 2.46 bits per heavy atom. The van der Waals surface area contributed by atoms with Gasteiger partial charge >= 0.3 is 0 Å². The van der Waals surface area contributed by atoms with Crippen LogP contribution < -0.4 is 14.8 Å². The van der Waals surface area contributed by atoms with Crippen LogP contribution in [0.2, 0.25) is 10.0 Å². The Kier molecular flexibility index (Phi) is 8.76. The molecule has 3 amide bonds. The topological polar surface area (TPSA) is 84.9 Å². The third kappa shape index (κ3) is 6.85. The molecule has 1 N–H and O–H groups in total. The Morgan fingerprint density at radius 1 is 1.03 bits per heavy atom. The van der Waals surface area contributed by atoms with E-state index in [0.717, 1.165) is 22.2 Å². The Bertz CT molecular complexity index is 1350. The van der Waals surface area contributed by atoms with Gasteiger partial charge in [-0.25, -0.2) is 0 Å². The number of anilines is 1. The first-order valence-electron chi connectivity index (χ1n) is 11.3. The van der Waals surface area contributed by atoms with Crippen LogP contribution in [0.3, 0.4) is 0 Å². The van der Waals surface area contributed by atoms with Crippen LogP contribution in [0, 0.1) is 0 Å². The molecule has 0 bridgehead atoms. The first-order valence-corrected chi connectivity index (χ1v) is 12.8. The zero-order valence-electron chi connectivity index (χ0n) is 19.7. The van der Waals surface area contributed by atoms with Crippen LogP contribution in [0.1, 0.15) is 18.1 Å². The highest BCUT2D eigenvalue weighted by molar-refractivity contribution is 8.18. The summed E-state index contributed by atoms with van der Waals surface area (Å²) in [4.78, 5) is 38.8. The second-order valence-corrected chi connectivity index (χ2v) is 9.70. The first kappa shape index (κ1) is 26.6. The average molecular weight is 557 g/mol. The fourth-order valence-electron chi connectivity index (χ4n) is 3.46. The molecular formula is C27H22Cl2N2O5S. The van der Waals surface area contributed by atoms with E-state index < -0.39 is 17.1 Å². The zero-order valence-corrected chi connectivity index (χ0v) is 22.0. The van der Waals surface area contributed by atoms with Gasteiger partial charge in [0.15, 0.2) is 11.5 Å². The summed E-state index contributed by atoms with van der Waals surface area (Å²) in [6.45, 7) is 2.05. The van der Waals surface area contributed by atoms with Crippen molar-refractivity contribution in [3.05, 3.63) is 92.8 Å². The summed E-state index contributed by atoms with van der Waals surface area (Å²) < 4.78 is 11.6. The van der Waals surface area contributed by atoms with Crippen LogP contribution in [-0.2, 0) is 16.2 Å². The number of thioether (sulfide) groups is 1. The highest BCUT2D eigenvalue weighted by Crippen LogP contribution is 2.39. The minimum Gasteiger partial charge on any atom is -0.490 e. The molecule has 190 valence electrons. The van der Waals surface area contributed by atoms with Gasteiger partial charge in [-0.15, -0.1) is 0 Å². The molecule has 4 rings (SSSR count). The van der Waals surface area contributed by atoms with Crippen LogP contribution in [0.15, 0.2) is 71.6 Å². The highest BCUT2D eigenvalue weighted by Gasteiger charge is 2.36. The predicted octanol–water partition coefficient (Wildman–Crippen LogP) is 6.65. The fourth-order valence-corrected chi connectivity index (χ4v) is 4.70. The van der Waals surface area contributed by atoms with E-state index in [9.17, 15) is 14.4 Å². The van der Waals surface area contributed by atoms with Gasteiger partial charge in [0, 0.05) is 10.7 Å².